The fourth-order valence-corrected chi connectivity index (χ4v) is 3.38. The highest BCUT2D eigenvalue weighted by Gasteiger charge is 2.29. The predicted octanol–water partition coefficient (Wildman–Crippen LogP) is 2.74. The molecule has 0 radical (unpaired) electrons. The maximum atomic E-state index is 12.0. The van der Waals surface area contributed by atoms with Gasteiger partial charge in [-0.25, -0.2) is 4.79 Å². The second-order valence-corrected chi connectivity index (χ2v) is 6.15. The maximum absolute atomic E-state index is 12.0. The average molecular weight is 301 g/mol. The van der Waals surface area contributed by atoms with E-state index in [4.69, 9.17) is 0 Å². The number of carbonyl (C=O) groups excluding carboxylic acids is 2. The van der Waals surface area contributed by atoms with E-state index >= 15 is 0 Å². The summed E-state index contributed by atoms with van der Waals surface area (Å²) in [5.41, 5.74) is 1.92. The molecule has 3 amide bonds. The molecule has 3 rings (SSSR count). The molecular formula is C17H23N3O2. The molecule has 0 aromatic heterocycles. The van der Waals surface area contributed by atoms with E-state index in [1.807, 2.05) is 24.3 Å². The van der Waals surface area contributed by atoms with E-state index in [0.29, 0.717) is 19.0 Å². The number of amides is 3. The second-order valence-electron chi connectivity index (χ2n) is 6.15. The van der Waals surface area contributed by atoms with Gasteiger partial charge in [0, 0.05) is 18.3 Å². The van der Waals surface area contributed by atoms with Crippen LogP contribution in [-0.2, 0) is 4.79 Å². The second kappa shape index (κ2) is 6.81. The van der Waals surface area contributed by atoms with Crippen molar-refractivity contribution in [3.63, 3.8) is 0 Å². The Kier molecular flexibility index (Phi) is 4.61. The molecular weight excluding hydrogens is 278 g/mol. The molecule has 1 heterocycles. The minimum absolute atomic E-state index is 0.0238. The molecule has 5 nitrogen and oxygen atoms in total. The first kappa shape index (κ1) is 14.9. The number of rotatable bonds is 4. The lowest BCUT2D eigenvalue weighted by molar-refractivity contribution is -0.117. The Hall–Kier alpha value is -2.04. The Morgan fingerprint density at radius 1 is 1.18 bits per heavy atom. The Labute approximate surface area is 130 Å². The highest BCUT2D eigenvalue weighted by molar-refractivity contribution is 6.02. The fraction of sp³-hybridized carbons (Fsp3) is 0.529. The van der Waals surface area contributed by atoms with Crippen LogP contribution < -0.4 is 16.0 Å². The predicted molar refractivity (Wildman–Crippen MR) is 85.8 cm³/mol. The number of para-hydroxylation sites is 1. The average Bonchev–Trinajstić information content (AvgIpc) is 2.84. The van der Waals surface area contributed by atoms with Crippen molar-refractivity contribution in [2.24, 2.45) is 0 Å². The highest BCUT2D eigenvalue weighted by Crippen LogP contribution is 2.33. The zero-order valence-corrected chi connectivity index (χ0v) is 12.7. The molecule has 22 heavy (non-hydrogen) atoms. The molecule has 1 aromatic rings. The van der Waals surface area contributed by atoms with Gasteiger partial charge in [0.2, 0.25) is 5.91 Å². The lowest BCUT2D eigenvalue weighted by Crippen LogP contribution is -2.43. The lowest BCUT2D eigenvalue weighted by atomic mass is 9.96. The maximum Gasteiger partial charge on any atom is 0.315 e. The summed E-state index contributed by atoms with van der Waals surface area (Å²) in [7, 11) is 0. The largest absolute Gasteiger partial charge is 0.338 e. The normalized spacial score (nSPS) is 21.1. The summed E-state index contributed by atoms with van der Waals surface area (Å²) in [5.74, 6) is -0.137. The smallest absolute Gasteiger partial charge is 0.315 e. The molecule has 0 bridgehead atoms. The fourth-order valence-electron chi connectivity index (χ4n) is 3.38. The van der Waals surface area contributed by atoms with Crippen molar-refractivity contribution >= 4 is 17.6 Å². The van der Waals surface area contributed by atoms with E-state index in [-0.39, 0.29) is 17.9 Å². The Morgan fingerprint density at radius 3 is 2.77 bits per heavy atom. The van der Waals surface area contributed by atoms with Gasteiger partial charge in [-0.05, 0) is 30.9 Å². The molecule has 1 aliphatic carbocycles. The van der Waals surface area contributed by atoms with Crippen molar-refractivity contribution < 1.29 is 9.59 Å². The van der Waals surface area contributed by atoms with Gasteiger partial charge in [0.15, 0.2) is 0 Å². The molecule has 1 fully saturated rings. The van der Waals surface area contributed by atoms with E-state index in [2.05, 4.69) is 16.0 Å². The summed E-state index contributed by atoms with van der Waals surface area (Å²) in [5, 5.41) is 8.79. The number of anilines is 1. The third kappa shape index (κ3) is 3.40. The van der Waals surface area contributed by atoms with Crippen LogP contribution in [0.4, 0.5) is 10.5 Å². The van der Waals surface area contributed by atoms with E-state index < -0.39 is 0 Å². The molecule has 1 aliphatic heterocycles. The van der Waals surface area contributed by atoms with Crippen LogP contribution in [-0.4, -0.2) is 24.5 Å². The summed E-state index contributed by atoms with van der Waals surface area (Å²) < 4.78 is 0. The molecule has 1 unspecified atom stereocenters. The summed E-state index contributed by atoms with van der Waals surface area (Å²) in [6, 6.07) is 7.94. The third-order valence-electron chi connectivity index (χ3n) is 4.57. The molecule has 1 saturated carbocycles. The first-order chi connectivity index (χ1) is 10.7. The number of fused-ring (bicyclic) bond motifs is 1. The molecule has 118 valence electrons. The van der Waals surface area contributed by atoms with Gasteiger partial charge in [-0.15, -0.1) is 0 Å². The van der Waals surface area contributed by atoms with Crippen LogP contribution in [0.3, 0.4) is 0 Å². The van der Waals surface area contributed by atoms with Gasteiger partial charge in [-0.3, -0.25) is 4.79 Å². The standard InChI is InChI=1S/C17H23N3O2/c21-16-14(13-8-4-5-9-15(13)20-16)10-11-18-17(22)19-12-6-2-1-3-7-12/h4-5,8-9,12,14H,1-3,6-7,10-11H2,(H,20,21)(H2,18,19,22). The van der Waals surface area contributed by atoms with Crippen molar-refractivity contribution in [3.8, 4) is 0 Å². The van der Waals surface area contributed by atoms with Gasteiger partial charge in [0.05, 0.1) is 5.92 Å². The molecule has 1 aromatic carbocycles. The lowest BCUT2D eigenvalue weighted by Gasteiger charge is -2.23. The van der Waals surface area contributed by atoms with Gasteiger partial charge < -0.3 is 16.0 Å². The van der Waals surface area contributed by atoms with E-state index in [1.165, 1.54) is 19.3 Å². The summed E-state index contributed by atoms with van der Waals surface area (Å²) >= 11 is 0. The van der Waals surface area contributed by atoms with Crippen LogP contribution in [0.25, 0.3) is 0 Å². The number of benzene rings is 1. The van der Waals surface area contributed by atoms with Crippen LogP contribution in [0.5, 0.6) is 0 Å². The van der Waals surface area contributed by atoms with Crippen LogP contribution in [0.2, 0.25) is 0 Å². The van der Waals surface area contributed by atoms with Gasteiger partial charge in [0.25, 0.3) is 0 Å². The zero-order valence-electron chi connectivity index (χ0n) is 12.7. The quantitative estimate of drug-likeness (QED) is 0.800. The number of nitrogens with one attached hydrogen (secondary N) is 3. The van der Waals surface area contributed by atoms with E-state index in [0.717, 1.165) is 24.1 Å². The topological polar surface area (TPSA) is 70.2 Å². The number of carbonyl (C=O) groups is 2. The van der Waals surface area contributed by atoms with Crippen molar-refractivity contribution in [3.05, 3.63) is 29.8 Å². The highest BCUT2D eigenvalue weighted by atomic mass is 16.2. The SMILES string of the molecule is O=C(NCCC1C(=O)Nc2ccccc21)NC1CCCCC1. The first-order valence-electron chi connectivity index (χ1n) is 8.18. The molecule has 2 aliphatic rings. The Balaban J connectivity index is 1.45. The number of urea groups is 1. The van der Waals surface area contributed by atoms with Crippen LogP contribution in [0.1, 0.15) is 50.0 Å². The van der Waals surface area contributed by atoms with Gasteiger partial charge in [-0.2, -0.15) is 0 Å². The van der Waals surface area contributed by atoms with Crippen LogP contribution in [0.15, 0.2) is 24.3 Å². The Bertz CT molecular complexity index is 553. The first-order valence-corrected chi connectivity index (χ1v) is 8.18. The van der Waals surface area contributed by atoms with Crippen molar-refractivity contribution in [1.82, 2.24) is 10.6 Å². The summed E-state index contributed by atoms with van der Waals surface area (Å²) in [6.45, 7) is 0.505. The van der Waals surface area contributed by atoms with Crippen molar-refractivity contribution in [2.75, 3.05) is 11.9 Å². The summed E-state index contributed by atoms with van der Waals surface area (Å²) in [6.07, 6.45) is 6.45. The van der Waals surface area contributed by atoms with Crippen LogP contribution >= 0.6 is 0 Å². The van der Waals surface area contributed by atoms with Gasteiger partial charge in [-0.1, -0.05) is 37.5 Å². The number of hydrogen-bond donors (Lipinski definition) is 3. The molecule has 1 atom stereocenters. The third-order valence-corrected chi connectivity index (χ3v) is 4.57. The minimum atomic E-state index is -0.161. The van der Waals surface area contributed by atoms with Gasteiger partial charge in [0.1, 0.15) is 0 Å². The molecule has 3 N–H and O–H groups in total. The van der Waals surface area contributed by atoms with E-state index in [1.54, 1.807) is 0 Å². The Morgan fingerprint density at radius 2 is 1.95 bits per heavy atom. The minimum Gasteiger partial charge on any atom is -0.338 e. The van der Waals surface area contributed by atoms with Crippen LogP contribution in [0, 0.1) is 0 Å². The zero-order chi connectivity index (χ0) is 15.4. The molecule has 5 heteroatoms. The van der Waals surface area contributed by atoms with Crippen molar-refractivity contribution in [2.45, 2.75) is 50.5 Å². The molecule has 0 saturated heterocycles. The van der Waals surface area contributed by atoms with E-state index in [9.17, 15) is 9.59 Å². The van der Waals surface area contributed by atoms with Gasteiger partial charge >= 0.3 is 6.03 Å². The monoisotopic (exact) mass is 301 g/mol. The number of hydrogen-bond acceptors (Lipinski definition) is 2. The molecule has 0 spiro atoms. The van der Waals surface area contributed by atoms with Crippen molar-refractivity contribution in [1.29, 1.82) is 0 Å². The summed E-state index contributed by atoms with van der Waals surface area (Å²) in [4.78, 5) is 23.9.